The number of fused-ring (bicyclic) bond motifs is 5. The molecule has 0 heterocycles. The second-order valence-electron chi connectivity index (χ2n) is 10.1. The lowest BCUT2D eigenvalue weighted by Gasteiger charge is -2.56. The molecule has 6 heteroatoms. The van der Waals surface area contributed by atoms with Gasteiger partial charge in [0.25, 0.3) is 0 Å². The minimum Gasteiger partial charge on any atom is -0.458 e. The number of ether oxygens (including phenoxy) is 1. The van der Waals surface area contributed by atoms with Gasteiger partial charge >= 0.3 is 5.97 Å². The van der Waals surface area contributed by atoms with Gasteiger partial charge in [-0.2, -0.15) is 0 Å². The van der Waals surface area contributed by atoms with Crippen molar-refractivity contribution in [3.8, 4) is 0 Å². The van der Waals surface area contributed by atoms with Crippen LogP contribution in [0.4, 0.5) is 0 Å². The fourth-order valence-electron chi connectivity index (χ4n) is 7.24. The number of aliphatic hydroxyl groups is 1. The predicted molar refractivity (Wildman–Crippen MR) is 108 cm³/mol. The number of Topliss-reactive ketones (excluding diaryl/α,β-unsaturated/α-hetero) is 2. The molecule has 0 aliphatic heterocycles. The fourth-order valence-corrected chi connectivity index (χ4v) is 7.24. The van der Waals surface area contributed by atoms with Gasteiger partial charge < -0.3 is 9.84 Å². The van der Waals surface area contributed by atoms with Crippen LogP contribution in [0, 0.1) is 34.5 Å². The molecule has 4 rings (SSSR count). The molecule has 0 unspecified atom stereocenters. The van der Waals surface area contributed by atoms with Crippen LogP contribution in [-0.2, 0) is 23.9 Å². The van der Waals surface area contributed by atoms with Crippen LogP contribution in [0.3, 0.4) is 0 Å². The van der Waals surface area contributed by atoms with Crippen molar-refractivity contribution in [2.75, 3.05) is 6.61 Å². The van der Waals surface area contributed by atoms with Crippen molar-refractivity contribution in [1.82, 2.24) is 0 Å². The first-order valence-corrected chi connectivity index (χ1v) is 10.8. The van der Waals surface area contributed by atoms with Crippen LogP contribution < -0.4 is 0 Å². The Kier molecular flexibility index (Phi) is 4.73. The molecule has 0 saturated heterocycles. The highest BCUT2D eigenvalue weighted by Crippen LogP contribution is 2.67. The summed E-state index contributed by atoms with van der Waals surface area (Å²) in [5.41, 5.74) is -2.07. The lowest BCUT2D eigenvalue weighted by Crippen LogP contribution is -2.62. The Labute approximate surface area is 176 Å². The Morgan fingerprint density at radius 2 is 1.97 bits per heavy atom. The largest absolute Gasteiger partial charge is 0.458 e. The van der Waals surface area contributed by atoms with Crippen LogP contribution in [0.15, 0.2) is 23.8 Å². The van der Waals surface area contributed by atoms with E-state index in [2.05, 4.69) is 0 Å². The molecule has 0 aromatic heterocycles. The summed E-state index contributed by atoms with van der Waals surface area (Å²) in [4.78, 5) is 49.7. The third-order valence-corrected chi connectivity index (χ3v) is 8.67. The van der Waals surface area contributed by atoms with E-state index in [9.17, 15) is 24.3 Å². The van der Waals surface area contributed by atoms with E-state index in [1.807, 2.05) is 26.8 Å². The summed E-state index contributed by atoms with van der Waals surface area (Å²) in [5.74, 6) is -1.63. The van der Waals surface area contributed by atoms with E-state index in [1.54, 1.807) is 12.2 Å². The van der Waals surface area contributed by atoms with E-state index >= 15 is 0 Å². The molecule has 3 saturated carbocycles. The standard InChI is InChI=1S/C24H30O6/c1-13-9-18-17-6-5-15-10-16(26)7-8-22(15,3)21(17)19(27)11-23(18,4)24(13,29)20(28)12-30-14(2)25/h7-8,10,13,17-18,21,29H,5-6,9,11-12H2,1-4H3/t13-,17+,18+,21-,22+,23+,24+/m1/s1. The highest BCUT2D eigenvalue weighted by Gasteiger charge is 2.70. The average molecular weight is 414 g/mol. The zero-order valence-electron chi connectivity index (χ0n) is 18.1. The molecular formula is C24H30O6. The molecule has 162 valence electrons. The number of rotatable bonds is 3. The van der Waals surface area contributed by atoms with Crippen molar-refractivity contribution >= 4 is 23.3 Å². The van der Waals surface area contributed by atoms with Gasteiger partial charge in [0.15, 0.2) is 12.4 Å². The number of hydrogen-bond acceptors (Lipinski definition) is 6. The first kappa shape index (κ1) is 21.2. The third-order valence-electron chi connectivity index (χ3n) is 8.67. The molecule has 0 aromatic rings. The van der Waals surface area contributed by atoms with Crippen molar-refractivity contribution in [3.63, 3.8) is 0 Å². The number of carbonyl (C=O) groups excluding carboxylic acids is 4. The van der Waals surface area contributed by atoms with Crippen molar-refractivity contribution < 1.29 is 29.0 Å². The van der Waals surface area contributed by atoms with E-state index < -0.39 is 34.8 Å². The molecule has 30 heavy (non-hydrogen) atoms. The van der Waals surface area contributed by atoms with Crippen LogP contribution in [0.25, 0.3) is 0 Å². The molecule has 0 radical (unpaired) electrons. The van der Waals surface area contributed by atoms with E-state index in [4.69, 9.17) is 4.74 Å². The van der Waals surface area contributed by atoms with E-state index in [-0.39, 0.29) is 41.7 Å². The molecule has 0 aromatic carbocycles. The normalized spacial score (nSPS) is 44.6. The zero-order chi connectivity index (χ0) is 22.1. The Balaban J connectivity index is 1.71. The summed E-state index contributed by atoms with van der Waals surface area (Å²) in [6.45, 7) is 6.50. The van der Waals surface area contributed by atoms with Crippen molar-refractivity contribution in [2.24, 2.45) is 34.5 Å². The summed E-state index contributed by atoms with van der Waals surface area (Å²) >= 11 is 0. The molecule has 4 aliphatic rings. The molecule has 7 atom stereocenters. The molecule has 1 N–H and O–H groups in total. The van der Waals surface area contributed by atoms with E-state index in [0.29, 0.717) is 6.42 Å². The molecule has 0 spiro atoms. The molecule has 4 aliphatic carbocycles. The van der Waals surface area contributed by atoms with Crippen LogP contribution in [-0.4, -0.2) is 40.6 Å². The zero-order valence-corrected chi connectivity index (χ0v) is 18.1. The molecule has 3 fully saturated rings. The SMILES string of the molecule is CC(=O)OCC(=O)[C@@]1(O)[C@H](C)C[C@H]2[C@@H]3CCC4=CC(=O)C=C[C@]4(C)[C@H]3C(=O)C[C@@]21C. The maximum Gasteiger partial charge on any atom is 0.303 e. The average Bonchev–Trinajstić information content (AvgIpc) is 2.87. The van der Waals surface area contributed by atoms with Gasteiger partial charge in [0.1, 0.15) is 11.4 Å². The van der Waals surface area contributed by atoms with Gasteiger partial charge in [-0.3, -0.25) is 19.2 Å². The van der Waals surface area contributed by atoms with Gasteiger partial charge in [-0.05, 0) is 49.2 Å². The first-order valence-electron chi connectivity index (χ1n) is 10.8. The van der Waals surface area contributed by atoms with Gasteiger partial charge in [-0.1, -0.05) is 32.4 Å². The molecule has 0 bridgehead atoms. The monoisotopic (exact) mass is 414 g/mol. The summed E-state index contributed by atoms with van der Waals surface area (Å²) < 4.78 is 4.90. The summed E-state index contributed by atoms with van der Waals surface area (Å²) in [7, 11) is 0. The lowest BCUT2D eigenvalue weighted by atomic mass is 9.46. The van der Waals surface area contributed by atoms with E-state index in [1.165, 1.54) is 6.92 Å². The van der Waals surface area contributed by atoms with Crippen LogP contribution in [0.2, 0.25) is 0 Å². The van der Waals surface area contributed by atoms with Crippen LogP contribution in [0.5, 0.6) is 0 Å². The Morgan fingerprint density at radius 1 is 1.27 bits per heavy atom. The summed E-state index contributed by atoms with van der Waals surface area (Å²) in [6.07, 6.45) is 7.37. The van der Waals surface area contributed by atoms with Crippen molar-refractivity contribution in [3.05, 3.63) is 23.8 Å². The smallest absolute Gasteiger partial charge is 0.303 e. The highest BCUT2D eigenvalue weighted by atomic mass is 16.5. The Bertz CT molecular complexity index is 899. The summed E-state index contributed by atoms with van der Waals surface area (Å²) in [5, 5.41) is 11.7. The fraction of sp³-hybridized carbons (Fsp3) is 0.667. The van der Waals surface area contributed by atoms with Crippen LogP contribution in [0.1, 0.15) is 53.4 Å². The molecular weight excluding hydrogens is 384 g/mol. The van der Waals surface area contributed by atoms with Gasteiger partial charge in [-0.15, -0.1) is 0 Å². The third kappa shape index (κ3) is 2.65. The number of allylic oxidation sites excluding steroid dienone is 4. The molecule has 0 amide bonds. The van der Waals surface area contributed by atoms with Crippen molar-refractivity contribution in [2.45, 2.75) is 59.0 Å². The Hall–Kier alpha value is -2.08. The minimum atomic E-state index is -1.71. The predicted octanol–water partition coefficient (Wildman–Crippen LogP) is 2.58. The van der Waals surface area contributed by atoms with Gasteiger partial charge in [-0.25, -0.2) is 0 Å². The number of carbonyl (C=O) groups is 4. The van der Waals surface area contributed by atoms with Gasteiger partial charge in [0.05, 0.1) is 0 Å². The second kappa shape index (κ2) is 6.71. The number of ketones is 3. The number of esters is 1. The van der Waals surface area contributed by atoms with Crippen molar-refractivity contribution in [1.29, 1.82) is 0 Å². The topological polar surface area (TPSA) is 97.7 Å². The van der Waals surface area contributed by atoms with Gasteiger partial charge in [0.2, 0.25) is 5.78 Å². The maximum atomic E-state index is 13.5. The number of hydrogen-bond donors (Lipinski definition) is 1. The second-order valence-corrected chi connectivity index (χ2v) is 10.1. The maximum absolute atomic E-state index is 13.5. The lowest BCUT2D eigenvalue weighted by molar-refractivity contribution is -0.176. The quantitative estimate of drug-likeness (QED) is 0.713. The van der Waals surface area contributed by atoms with E-state index in [0.717, 1.165) is 18.4 Å². The van der Waals surface area contributed by atoms with Crippen LogP contribution >= 0.6 is 0 Å². The first-order chi connectivity index (χ1) is 13.9. The summed E-state index contributed by atoms with van der Waals surface area (Å²) in [6, 6.07) is 0. The van der Waals surface area contributed by atoms with Gasteiger partial charge in [0, 0.05) is 30.1 Å². The minimum absolute atomic E-state index is 0.00545. The Morgan fingerprint density at radius 3 is 2.63 bits per heavy atom. The molecule has 6 nitrogen and oxygen atoms in total. The highest BCUT2D eigenvalue weighted by molar-refractivity contribution is 6.02.